The van der Waals surface area contributed by atoms with Crippen molar-refractivity contribution in [2.75, 3.05) is 12.0 Å². The average molecular weight is 441 g/mol. The van der Waals surface area contributed by atoms with Gasteiger partial charge in [0.05, 0.1) is 23.0 Å². The first-order valence-electron chi connectivity index (χ1n) is 9.28. The van der Waals surface area contributed by atoms with Crippen molar-refractivity contribution in [3.8, 4) is 0 Å². The first kappa shape index (κ1) is 20.6. The molecular weight excluding hydrogens is 425 g/mol. The molecule has 0 atom stereocenters. The Morgan fingerprint density at radius 1 is 1.13 bits per heavy atom. The van der Waals surface area contributed by atoms with Gasteiger partial charge >= 0.3 is 5.97 Å². The van der Waals surface area contributed by atoms with Crippen LogP contribution < -0.4 is 9.70 Å². The van der Waals surface area contributed by atoms with Crippen LogP contribution in [0.5, 0.6) is 0 Å². The summed E-state index contributed by atoms with van der Waals surface area (Å²) in [5, 5.41) is 0. The molecule has 0 bridgehead atoms. The van der Waals surface area contributed by atoms with Crippen molar-refractivity contribution in [2.24, 2.45) is 4.99 Å². The van der Waals surface area contributed by atoms with E-state index in [0.717, 1.165) is 16.2 Å². The predicted octanol–water partition coefficient (Wildman–Crippen LogP) is 2.41. The normalized spacial score (nSPS) is 14.5. The molecule has 3 aromatic rings. The first-order chi connectivity index (χ1) is 14.9. The van der Waals surface area contributed by atoms with Gasteiger partial charge in [-0.2, -0.15) is 4.99 Å². The number of anilines is 1. The van der Waals surface area contributed by atoms with E-state index in [-0.39, 0.29) is 47.1 Å². The number of fused-ring (bicyclic) bond motifs is 1. The summed E-state index contributed by atoms with van der Waals surface area (Å²) < 4.78 is 20.9. The fraction of sp³-hybridized carbons (Fsp3) is 0.190. The van der Waals surface area contributed by atoms with Crippen LogP contribution in [0.3, 0.4) is 0 Å². The Labute approximate surface area is 179 Å². The van der Waals surface area contributed by atoms with Gasteiger partial charge in [-0.3, -0.25) is 24.1 Å². The van der Waals surface area contributed by atoms with Crippen LogP contribution in [0.4, 0.5) is 10.1 Å². The molecule has 1 aromatic heterocycles. The number of esters is 1. The van der Waals surface area contributed by atoms with Crippen molar-refractivity contribution in [3.63, 3.8) is 0 Å². The van der Waals surface area contributed by atoms with Crippen molar-refractivity contribution < 1.29 is 28.3 Å². The second-order valence-electron chi connectivity index (χ2n) is 6.72. The summed E-state index contributed by atoms with van der Waals surface area (Å²) in [5.41, 5.74) is 0.581. The largest absolute Gasteiger partial charge is 0.468 e. The van der Waals surface area contributed by atoms with Crippen LogP contribution in [0.25, 0.3) is 10.2 Å². The van der Waals surface area contributed by atoms with Crippen molar-refractivity contribution in [2.45, 2.75) is 19.4 Å². The van der Waals surface area contributed by atoms with Gasteiger partial charge in [-0.1, -0.05) is 23.5 Å². The number of methoxy groups -OCH3 is 1. The Bertz CT molecular complexity index is 1290. The number of carbonyl (C=O) groups excluding carboxylic acids is 4. The maximum absolute atomic E-state index is 14.4. The smallest absolute Gasteiger partial charge is 0.325 e. The summed E-state index contributed by atoms with van der Waals surface area (Å²) in [6.07, 6.45) is 0.254. The van der Waals surface area contributed by atoms with E-state index in [1.807, 2.05) is 0 Å². The molecule has 3 amide bonds. The number of halogens is 1. The zero-order valence-electron chi connectivity index (χ0n) is 16.3. The van der Waals surface area contributed by atoms with Gasteiger partial charge in [0.15, 0.2) is 4.80 Å². The van der Waals surface area contributed by atoms with Crippen LogP contribution in [0.1, 0.15) is 23.2 Å². The minimum absolute atomic E-state index is 0.120. The first-order valence-corrected chi connectivity index (χ1v) is 10.1. The van der Waals surface area contributed by atoms with E-state index in [2.05, 4.69) is 9.73 Å². The van der Waals surface area contributed by atoms with E-state index in [1.165, 1.54) is 35.9 Å². The highest BCUT2D eigenvalue weighted by Gasteiger charge is 2.30. The molecule has 1 saturated heterocycles. The van der Waals surface area contributed by atoms with Crippen LogP contribution in [-0.2, 0) is 25.7 Å². The summed E-state index contributed by atoms with van der Waals surface area (Å²) in [5.74, 6) is -2.50. The average Bonchev–Trinajstić information content (AvgIpc) is 3.27. The number of thiazole rings is 1. The molecule has 0 aliphatic carbocycles. The molecule has 0 saturated carbocycles. The van der Waals surface area contributed by atoms with Gasteiger partial charge in [0, 0.05) is 18.4 Å². The Kier molecular flexibility index (Phi) is 5.47. The number of rotatable bonds is 4. The Balaban J connectivity index is 1.78. The van der Waals surface area contributed by atoms with E-state index >= 15 is 0 Å². The Hall–Kier alpha value is -3.66. The van der Waals surface area contributed by atoms with Crippen molar-refractivity contribution in [1.29, 1.82) is 0 Å². The fourth-order valence-corrected chi connectivity index (χ4v) is 4.35. The molecular formula is C21H16FN3O5S. The number of imide groups is 1. The highest BCUT2D eigenvalue weighted by atomic mass is 32.1. The molecule has 0 N–H and O–H groups in total. The molecule has 10 heteroatoms. The third kappa shape index (κ3) is 3.89. The van der Waals surface area contributed by atoms with E-state index in [4.69, 9.17) is 0 Å². The number of carbonyl (C=O) groups is 4. The van der Waals surface area contributed by atoms with Crippen molar-refractivity contribution >= 4 is 50.9 Å². The second kappa shape index (κ2) is 8.23. The second-order valence-corrected chi connectivity index (χ2v) is 7.73. The number of para-hydroxylation sites is 1. The monoisotopic (exact) mass is 441 g/mol. The van der Waals surface area contributed by atoms with Gasteiger partial charge < -0.3 is 9.30 Å². The summed E-state index contributed by atoms with van der Waals surface area (Å²) in [4.78, 5) is 53.9. The molecule has 1 aliphatic heterocycles. The minimum atomic E-state index is -0.661. The molecule has 2 aromatic carbocycles. The SMILES string of the molecule is COC(=O)Cn1c(=NC(=O)c2cccc(N3C(=O)CCC3=O)c2)sc2cccc(F)c21. The van der Waals surface area contributed by atoms with Gasteiger partial charge in [0.25, 0.3) is 5.91 Å². The third-order valence-electron chi connectivity index (χ3n) is 4.77. The van der Waals surface area contributed by atoms with E-state index in [0.29, 0.717) is 10.4 Å². The molecule has 1 aliphatic rings. The van der Waals surface area contributed by atoms with Gasteiger partial charge in [-0.15, -0.1) is 0 Å². The number of aromatic nitrogens is 1. The Morgan fingerprint density at radius 2 is 1.84 bits per heavy atom. The van der Waals surface area contributed by atoms with Gasteiger partial charge in [-0.25, -0.2) is 4.39 Å². The van der Waals surface area contributed by atoms with Crippen LogP contribution >= 0.6 is 11.3 Å². The Morgan fingerprint density at radius 3 is 2.55 bits per heavy atom. The zero-order valence-corrected chi connectivity index (χ0v) is 17.1. The van der Waals surface area contributed by atoms with Crippen molar-refractivity contribution in [3.05, 3.63) is 58.6 Å². The number of hydrogen-bond acceptors (Lipinski definition) is 6. The lowest BCUT2D eigenvalue weighted by Gasteiger charge is -2.14. The summed E-state index contributed by atoms with van der Waals surface area (Å²) in [6.45, 7) is -0.319. The maximum atomic E-state index is 14.4. The molecule has 0 unspecified atom stereocenters. The minimum Gasteiger partial charge on any atom is -0.468 e. The van der Waals surface area contributed by atoms with Crippen LogP contribution in [-0.4, -0.2) is 35.4 Å². The lowest BCUT2D eigenvalue weighted by Crippen LogP contribution is -2.28. The molecule has 158 valence electrons. The van der Waals surface area contributed by atoms with E-state index in [9.17, 15) is 23.6 Å². The molecule has 4 rings (SSSR count). The molecule has 8 nitrogen and oxygen atoms in total. The molecule has 1 fully saturated rings. The summed E-state index contributed by atoms with van der Waals surface area (Å²) in [7, 11) is 1.21. The van der Waals surface area contributed by atoms with E-state index < -0.39 is 17.7 Å². The number of ether oxygens (including phenoxy) is 1. The number of amides is 3. The summed E-state index contributed by atoms with van der Waals surface area (Å²) in [6, 6.07) is 10.4. The zero-order chi connectivity index (χ0) is 22.1. The fourth-order valence-electron chi connectivity index (χ4n) is 3.31. The molecule has 0 radical (unpaired) electrons. The van der Waals surface area contributed by atoms with Gasteiger partial charge in [-0.05, 0) is 30.3 Å². The standard InChI is InChI=1S/C21H16FN3O5S/c1-30-18(28)11-24-19-14(22)6-3-7-15(19)31-21(24)23-20(29)12-4-2-5-13(10-12)25-16(26)8-9-17(25)27/h2-7,10H,8-9,11H2,1H3. The lowest BCUT2D eigenvalue weighted by molar-refractivity contribution is -0.141. The molecule has 0 spiro atoms. The van der Waals surface area contributed by atoms with Gasteiger partial charge in [0.1, 0.15) is 12.4 Å². The third-order valence-corrected chi connectivity index (χ3v) is 5.81. The van der Waals surface area contributed by atoms with Crippen LogP contribution in [0.2, 0.25) is 0 Å². The quantitative estimate of drug-likeness (QED) is 0.458. The maximum Gasteiger partial charge on any atom is 0.325 e. The van der Waals surface area contributed by atoms with Crippen molar-refractivity contribution in [1.82, 2.24) is 4.57 Å². The van der Waals surface area contributed by atoms with Crippen LogP contribution in [0.15, 0.2) is 47.5 Å². The summed E-state index contributed by atoms with van der Waals surface area (Å²) >= 11 is 1.05. The van der Waals surface area contributed by atoms with Crippen LogP contribution in [0, 0.1) is 5.82 Å². The topological polar surface area (TPSA) is 98.0 Å². The van der Waals surface area contributed by atoms with E-state index in [1.54, 1.807) is 18.2 Å². The number of nitrogens with zero attached hydrogens (tertiary/aromatic N) is 3. The lowest BCUT2D eigenvalue weighted by atomic mass is 10.2. The molecule has 2 heterocycles. The highest BCUT2D eigenvalue weighted by molar-refractivity contribution is 7.16. The number of benzene rings is 2. The van der Waals surface area contributed by atoms with Gasteiger partial charge in [0.2, 0.25) is 11.8 Å². The highest BCUT2D eigenvalue weighted by Crippen LogP contribution is 2.24. The number of hydrogen-bond donors (Lipinski definition) is 0. The predicted molar refractivity (Wildman–Crippen MR) is 110 cm³/mol. The molecule has 31 heavy (non-hydrogen) atoms.